The molecule has 3 aliphatic rings. The Balaban J connectivity index is 1.26. The van der Waals surface area contributed by atoms with Crippen LogP contribution in [0.25, 0.3) is 11.1 Å². The molecule has 6 heteroatoms. The van der Waals surface area contributed by atoms with Gasteiger partial charge in [-0.05, 0) is 60.0 Å². The summed E-state index contributed by atoms with van der Waals surface area (Å²) in [6, 6.07) is 15.9. The number of likely N-dealkylation sites (N-methyl/N-ethyl adjacent to an activating group) is 1. The lowest BCUT2D eigenvalue weighted by atomic mass is 9.79. The van der Waals surface area contributed by atoms with Crippen LogP contribution in [-0.2, 0) is 22.4 Å². The highest BCUT2D eigenvalue weighted by atomic mass is 16.2. The fraction of sp³-hybridized carbons (Fsp3) is 0.423. The summed E-state index contributed by atoms with van der Waals surface area (Å²) < 4.78 is 0. The molecule has 2 amide bonds. The average Bonchev–Trinajstić information content (AvgIpc) is 3.28. The van der Waals surface area contributed by atoms with Gasteiger partial charge >= 0.3 is 0 Å². The molecule has 6 nitrogen and oxygen atoms in total. The zero-order valence-electron chi connectivity index (χ0n) is 18.4. The van der Waals surface area contributed by atoms with Gasteiger partial charge in [0.2, 0.25) is 11.8 Å². The van der Waals surface area contributed by atoms with Gasteiger partial charge in [-0.25, -0.2) is 0 Å². The average molecular weight is 429 g/mol. The highest BCUT2D eigenvalue weighted by molar-refractivity contribution is 6.01. The van der Waals surface area contributed by atoms with Crippen molar-refractivity contribution in [3.8, 4) is 17.2 Å². The Hall–Kier alpha value is -3.17. The van der Waals surface area contributed by atoms with Crippen molar-refractivity contribution in [2.75, 3.05) is 18.5 Å². The van der Waals surface area contributed by atoms with Crippen LogP contribution >= 0.6 is 0 Å². The Kier molecular flexibility index (Phi) is 5.22. The van der Waals surface area contributed by atoms with E-state index in [4.69, 9.17) is 0 Å². The first-order valence-corrected chi connectivity index (χ1v) is 11.4. The van der Waals surface area contributed by atoms with E-state index in [1.807, 2.05) is 43.4 Å². The highest BCUT2D eigenvalue weighted by Crippen LogP contribution is 2.37. The Labute approximate surface area is 188 Å². The van der Waals surface area contributed by atoms with Gasteiger partial charge in [-0.3, -0.25) is 9.59 Å². The van der Waals surface area contributed by atoms with E-state index >= 15 is 0 Å². The monoisotopic (exact) mass is 428 g/mol. The van der Waals surface area contributed by atoms with Gasteiger partial charge in [0.25, 0.3) is 0 Å². The summed E-state index contributed by atoms with van der Waals surface area (Å²) in [7, 11) is 1.81. The standard InChI is InChI=1S/C26H28N4O2/c1-30-23-12-20(8-9-21(23)13-24(30)31)19-6-4-17(5-7-19)11-22(15-27)29-25(32)26-10-2-3-18(14-26)16-28-26/h4-9,12,18,22,28H,2-3,10-11,13-14,16H2,1H3,(H,29,32). The number of anilines is 1. The molecule has 5 rings (SSSR count). The molecule has 164 valence electrons. The Morgan fingerprint density at radius 2 is 2.06 bits per heavy atom. The number of hydrogen-bond donors (Lipinski definition) is 2. The van der Waals surface area contributed by atoms with E-state index in [2.05, 4.69) is 22.8 Å². The van der Waals surface area contributed by atoms with Crippen LogP contribution in [0.1, 0.15) is 36.8 Å². The zero-order chi connectivity index (χ0) is 22.3. The van der Waals surface area contributed by atoms with E-state index in [0.717, 1.165) is 53.7 Å². The van der Waals surface area contributed by atoms with Gasteiger partial charge in [0.05, 0.1) is 18.0 Å². The number of carbonyl (C=O) groups is 2. The first kappa shape index (κ1) is 20.7. The van der Waals surface area contributed by atoms with Crippen molar-refractivity contribution in [1.82, 2.24) is 10.6 Å². The maximum atomic E-state index is 13.0. The fourth-order valence-corrected chi connectivity index (χ4v) is 5.47. The molecule has 2 aromatic rings. The molecule has 2 N–H and O–H groups in total. The maximum absolute atomic E-state index is 13.0. The number of amides is 2. The zero-order valence-corrected chi connectivity index (χ0v) is 18.4. The lowest BCUT2D eigenvalue weighted by Crippen LogP contribution is -2.56. The van der Waals surface area contributed by atoms with Crippen LogP contribution in [0.2, 0.25) is 0 Å². The lowest BCUT2D eigenvalue weighted by Gasteiger charge is -2.32. The topological polar surface area (TPSA) is 85.2 Å². The van der Waals surface area contributed by atoms with Gasteiger partial charge in [-0.1, -0.05) is 42.8 Å². The van der Waals surface area contributed by atoms with Crippen LogP contribution in [0.4, 0.5) is 5.69 Å². The molecule has 3 atom stereocenters. The number of carbonyl (C=O) groups excluding carboxylic acids is 2. The predicted octanol–water partition coefficient (Wildman–Crippen LogP) is 2.96. The molecule has 2 aromatic carbocycles. The fourth-order valence-electron chi connectivity index (χ4n) is 5.47. The van der Waals surface area contributed by atoms with Crippen LogP contribution < -0.4 is 15.5 Å². The van der Waals surface area contributed by atoms with Gasteiger partial charge in [-0.2, -0.15) is 5.26 Å². The molecule has 1 aliphatic carbocycles. The van der Waals surface area contributed by atoms with Crippen molar-refractivity contribution >= 4 is 17.5 Å². The van der Waals surface area contributed by atoms with Gasteiger partial charge < -0.3 is 15.5 Å². The van der Waals surface area contributed by atoms with Crippen molar-refractivity contribution in [1.29, 1.82) is 5.26 Å². The number of fused-ring (bicyclic) bond motifs is 3. The van der Waals surface area contributed by atoms with E-state index < -0.39 is 11.6 Å². The molecule has 0 spiro atoms. The summed E-state index contributed by atoms with van der Waals surface area (Å²) in [6.07, 6.45) is 4.92. The summed E-state index contributed by atoms with van der Waals surface area (Å²) in [6.45, 7) is 0.902. The van der Waals surface area contributed by atoms with Crippen LogP contribution in [0.15, 0.2) is 42.5 Å². The smallest absolute Gasteiger partial charge is 0.241 e. The molecule has 3 unspecified atom stereocenters. The van der Waals surface area contributed by atoms with E-state index in [9.17, 15) is 14.9 Å². The van der Waals surface area contributed by atoms with Crippen LogP contribution in [-0.4, -0.2) is 37.0 Å². The number of nitriles is 1. The SMILES string of the molecule is CN1C(=O)Cc2ccc(-c3ccc(CC(C#N)NC(=O)C45CCCC(CN4)C5)cc3)cc21. The van der Waals surface area contributed by atoms with Gasteiger partial charge in [0, 0.05) is 19.2 Å². The highest BCUT2D eigenvalue weighted by Gasteiger charge is 2.47. The second-order valence-corrected chi connectivity index (χ2v) is 9.45. The summed E-state index contributed by atoms with van der Waals surface area (Å²) in [5, 5.41) is 16.1. The Bertz CT molecular complexity index is 1100. The normalized spacial score (nSPS) is 24.7. The molecule has 0 aromatic heterocycles. The molecule has 0 radical (unpaired) electrons. The third-order valence-corrected chi connectivity index (χ3v) is 7.37. The Morgan fingerprint density at radius 1 is 1.28 bits per heavy atom. The predicted molar refractivity (Wildman–Crippen MR) is 123 cm³/mol. The van der Waals surface area contributed by atoms with Crippen LogP contribution in [0.5, 0.6) is 0 Å². The van der Waals surface area contributed by atoms with Gasteiger partial charge in [0.1, 0.15) is 6.04 Å². The number of hydrogen-bond acceptors (Lipinski definition) is 4. The van der Waals surface area contributed by atoms with Crippen molar-refractivity contribution < 1.29 is 9.59 Å². The minimum Gasteiger partial charge on any atom is -0.338 e. The minimum absolute atomic E-state index is 0.0281. The summed E-state index contributed by atoms with van der Waals surface area (Å²) in [4.78, 5) is 26.6. The third-order valence-electron chi connectivity index (χ3n) is 7.37. The molecular formula is C26H28N4O2. The largest absolute Gasteiger partial charge is 0.338 e. The first-order chi connectivity index (χ1) is 15.5. The molecule has 32 heavy (non-hydrogen) atoms. The first-order valence-electron chi connectivity index (χ1n) is 11.4. The van der Waals surface area contributed by atoms with Crippen molar-refractivity contribution in [2.24, 2.45) is 5.92 Å². The minimum atomic E-state index is -0.551. The molecule has 1 saturated heterocycles. The van der Waals surface area contributed by atoms with Crippen LogP contribution in [0, 0.1) is 17.2 Å². The van der Waals surface area contributed by atoms with Crippen molar-refractivity contribution in [3.63, 3.8) is 0 Å². The number of rotatable bonds is 5. The quantitative estimate of drug-likeness (QED) is 0.767. The molecule has 2 aliphatic heterocycles. The van der Waals surface area contributed by atoms with Gasteiger partial charge in [-0.15, -0.1) is 0 Å². The molecule has 1 saturated carbocycles. The summed E-state index contributed by atoms with van der Waals surface area (Å²) in [5.74, 6) is 0.674. The second-order valence-electron chi connectivity index (χ2n) is 9.45. The Morgan fingerprint density at radius 3 is 2.84 bits per heavy atom. The van der Waals surface area contributed by atoms with Crippen LogP contribution in [0.3, 0.4) is 0 Å². The lowest BCUT2D eigenvalue weighted by molar-refractivity contribution is -0.128. The summed E-state index contributed by atoms with van der Waals surface area (Å²) >= 11 is 0. The second kappa shape index (κ2) is 8.07. The molecular weight excluding hydrogens is 400 g/mol. The van der Waals surface area contributed by atoms with Gasteiger partial charge in [0.15, 0.2) is 0 Å². The van der Waals surface area contributed by atoms with Crippen molar-refractivity contribution in [2.45, 2.75) is 50.1 Å². The van der Waals surface area contributed by atoms with E-state index in [1.165, 1.54) is 6.42 Å². The summed E-state index contributed by atoms with van der Waals surface area (Å²) in [5.41, 5.74) is 4.67. The van der Waals surface area contributed by atoms with E-state index in [1.54, 1.807) is 4.90 Å². The molecule has 2 bridgehead atoms. The molecule has 2 heterocycles. The van der Waals surface area contributed by atoms with E-state index in [-0.39, 0.29) is 11.8 Å². The number of benzene rings is 2. The van der Waals surface area contributed by atoms with E-state index in [0.29, 0.717) is 18.8 Å². The maximum Gasteiger partial charge on any atom is 0.241 e. The van der Waals surface area contributed by atoms with Crippen molar-refractivity contribution in [3.05, 3.63) is 53.6 Å². The number of nitrogens with zero attached hydrogens (tertiary/aromatic N) is 2. The molecule has 2 fully saturated rings. The third kappa shape index (κ3) is 3.67. The number of nitrogens with one attached hydrogen (secondary N) is 2.